The number of amides is 1. The van der Waals surface area contributed by atoms with Gasteiger partial charge in [0.2, 0.25) is 15.9 Å². The fraction of sp³-hybridized carbons (Fsp3) is 0.450. The lowest BCUT2D eigenvalue weighted by Gasteiger charge is -2.26. The average molecular weight is 422 g/mol. The highest BCUT2D eigenvalue weighted by atomic mass is 32.2. The number of carbonyl (C=O) groups is 1. The predicted molar refractivity (Wildman–Crippen MR) is 112 cm³/mol. The van der Waals surface area contributed by atoms with Crippen LogP contribution >= 0.6 is 11.3 Å². The van der Waals surface area contributed by atoms with Gasteiger partial charge in [-0.1, -0.05) is 6.07 Å². The highest BCUT2D eigenvalue weighted by Crippen LogP contribution is 2.23. The molecule has 1 aliphatic heterocycles. The minimum atomic E-state index is -3.59. The van der Waals surface area contributed by atoms with E-state index in [2.05, 4.69) is 26.4 Å². The first kappa shape index (κ1) is 21.0. The molecule has 0 saturated heterocycles. The van der Waals surface area contributed by atoms with Crippen LogP contribution < -0.4 is 10.0 Å². The molecule has 1 amide bonds. The topological polar surface area (TPSA) is 78.5 Å². The second-order valence-corrected chi connectivity index (χ2v) is 9.91. The molecule has 1 aliphatic rings. The minimum Gasteiger partial charge on any atom is -0.355 e. The van der Waals surface area contributed by atoms with E-state index in [1.54, 1.807) is 18.2 Å². The number of carbonyl (C=O) groups excluding carboxylic acids is 1. The number of aryl methyl sites for hydroxylation is 2. The summed E-state index contributed by atoms with van der Waals surface area (Å²) in [4.78, 5) is 16.0. The van der Waals surface area contributed by atoms with Crippen LogP contribution in [-0.4, -0.2) is 45.4 Å². The van der Waals surface area contributed by atoms with Gasteiger partial charge in [0.05, 0.1) is 4.90 Å². The number of nitrogens with zero attached hydrogens (tertiary/aromatic N) is 1. The van der Waals surface area contributed by atoms with Gasteiger partial charge in [-0.05, 0) is 60.5 Å². The maximum atomic E-state index is 12.3. The molecule has 0 bridgehead atoms. The van der Waals surface area contributed by atoms with Gasteiger partial charge < -0.3 is 5.32 Å². The molecule has 1 aromatic heterocycles. The van der Waals surface area contributed by atoms with E-state index >= 15 is 0 Å². The van der Waals surface area contributed by atoms with Gasteiger partial charge in [-0.15, -0.1) is 11.3 Å². The van der Waals surface area contributed by atoms with Crippen LogP contribution in [0.1, 0.15) is 28.0 Å². The molecule has 0 fully saturated rings. The largest absolute Gasteiger partial charge is 0.355 e. The molecule has 0 aliphatic carbocycles. The molecule has 2 N–H and O–H groups in total. The summed E-state index contributed by atoms with van der Waals surface area (Å²) in [6, 6.07) is 7.19. The van der Waals surface area contributed by atoms with Gasteiger partial charge in [0, 0.05) is 44.0 Å². The molecule has 2 heterocycles. The zero-order chi connectivity index (χ0) is 20.1. The van der Waals surface area contributed by atoms with Gasteiger partial charge in [0.25, 0.3) is 0 Å². The second-order valence-electron chi connectivity index (χ2n) is 7.14. The van der Waals surface area contributed by atoms with Gasteiger partial charge >= 0.3 is 0 Å². The summed E-state index contributed by atoms with van der Waals surface area (Å²) in [6.45, 7) is 7.22. The van der Waals surface area contributed by atoms with E-state index in [0.717, 1.165) is 37.2 Å². The van der Waals surface area contributed by atoms with Crippen molar-refractivity contribution in [2.45, 2.75) is 38.1 Å². The summed E-state index contributed by atoms with van der Waals surface area (Å²) < 4.78 is 27.2. The maximum absolute atomic E-state index is 12.3. The van der Waals surface area contributed by atoms with Crippen molar-refractivity contribution in [3.8, 4) is 0 Å². The Bertz CT molecular complexity index is 938. The molecule has 6 nitrogen and oxygen atoms in total. The van der Waals surface area contributed by atoms with Crippen LogP contribution in [0.4, 0.5) is 0 Å². The summed E-state index contributed by atoms with van der Waals surface area (Å²) in [7, 11) is -3.59. The summed E-state index contributed by atoms with van der Waals surface area (Å²) in [6.07, 6.45) is 1.19. The summed E-state index contributed by atoms with van der Waals surface area (Å²) in [5.41, 5.74) is 3.36. The van der Waals surface area contributed by atoms with Crippen LogP contribution in [0.2, 0.25) is 0 Å². The Morgan fingerprint density at radius 2 is 2.00 bits per heavy atom. The van der Waals surface area contributed by atoms with Crippen molar-refractivity contribution < 1.29 is 13.2 Å². The van der Waals surface area contributed by atoms with E-state index in [1.165, 1.54) is 10.4 Å². The fourth-order valence-electron chi connectivity index (χ4n) is 3.20. The molecule has 152 valence electrons. The number of hydrogen-bond donors (Lipinski definition) is 2. The van der Waals surface area contributed by atoms with Gasteiger partial charge in [0.1, 0.15) is 0 Å². The van der Waals surface area contributed by atoms with Crippen LogP contribution in [0.5, 0.6) is 0 Å². The first-order valence-corrected chi connectivity index (χ1v) is 11.8. The zero-order valence-corrected chi connectivity index (χ0v) is 18.0. The molecule has 28 heavy (non-hydrogen) atoms. The third kappa shape index (κ3) is 5.41. The quantitative estimate of drug-likeness (QED) is 0.685. The van der Waals surface area contributed by atoms with E-state index in [-0.39, 0.29) is 23.8 Å². The number of sulfonamides is 1. The molecule has 1 aromatic carbocycles. The molecule has 8 heteroatoms. The third-order valence-corrected chi connectivity index (χ3v) is 7.55. The van der Waals surface area contributed by atoms with E-state index in [4.69, 9.17) is 0 Å². The van der Waals surface area contributed by atoms with Crippen molar-refractivity contribution in [2.24, 2.45) is 0 Å². The zero-order valence-electron chi connectivity index (χ0n) is 16.3. The monoisotopic (exact) mass is 421 g/mol. The third-order valence-electron chi connectivity index (χ3n) is 5.07. The van der Waals surface area contributed by atoms with Crippen LogP contribution in [-0.2, 0) is 27.8 Å². The number of fused-ring (bicyclic) bond motifs is 1. The highest BCUT2D eigenvalue weighted by molar-refractivity contribution is 7.89. The lowest BCUT2D eigenvalue weighted by molar-refractivity contribution is -0.120. The van der Waals surface area contributed by atoms with Crippen LogP contribution in [0.15, 0.2) is 34.5 Å². The number of thiophene rings is 1. The van der Waals surface area contributed by atoms with Crippen LogP contribution in [0.3, 0.4) is 0 Å². The summed E-state index contributed by atoms with van der Waals surface area (Å²) in [5, 5.41) is 5.01. The van der Waals surface area contributed by atoms with Crippen molar-refractivity contribution in [1.82, 2.24) is 14.9 Å². The normalized spacial score (nSPS) is 14.6. The van der Waals surface area contributed by atoms with E-state index in [1.807, 2.05) is 25.2 Å². The Kier molecular flexibility index (Phi) is 6.87. The van der Waals surface area contributed by atoms with E-state index in [0.29, 0.717) is 6.54 Å². The Labute approximate surface area is 171 Å². The molecule has 2 aromatic rings. The van der Waals surface area contributed by atoms with Crippen molar-refractivity contribution in [3.05, 3.63) is 51.2 Å². The Hall–Kier alpha value is -1.74. The van der Waals surface area contributed by atoms with Crippen molar-refractivity contribution in [2.75, 3.05) is 26.2 Å². The Morgan fingerprint density at radius 3 is 2.79 bits per heavy atom. The molecule has 0 spiro atoms. The fourth-order valence-corrected chi connectivity index (χ4v) is 5.21. The first-order valence-electron chi connectivity index (χ1n) is 9.46. The average Bonchev–Trinajstić information content (AvgIpc) is 3.11. The molecular weight excluding hydrogens is 394 g/mol. The number of hydrogen-bond acceptors (Lipinski definition) is 5. The van der Waals surface area contributed by atoms with Crippen molar-refractivity contribution >= 4 is 27.3 Å². The van der Waals surface area contributed by atoms with Gasteiger partial charge in [0.15, 0.2) is 0 Å². The number of benzene rings is 1. The minimum absolute atomic E-state index is 0.0864. The summed E-state index contributed by atoms with van der Waals surface area (Å²) in [5.74, 6) is -0.143. The van der Waals surface area contributed by atoms with Gasteiger partial charge in [-0.3, -0.25) is 9.69 Å². The van der Waals surface area contributed by atoms with E-state index < -0.39 is 10.0 Å². The predicted octanol–water partition coefficient (Wildman–Crippen LogP) is 2.21. The highest BCUT2D eigenvalue weighted by Gasteiger charge is 2.17. The number of nitrogens with one attached hydrogen (secondary N) is 2. The second kappa shape index (κ2) is 9.17. The smallest absolute Gasteiger partial charge is 0.240 e. The standard InChI is InChI=1S/C20H27N3O3S2/c1-15-3-4-18(13-16(15)2)28(25,26)22-8-5-20(24)21-9-11-23-10-6-19-17(14-23)7-12-27-19/h3-4,7,12-13,22H,5-6,8-11,14H2,1-2H3,(H,21,24). The Morgan fingerprint density at radius 1 is 1.18 bits per heavy atom. The Balaban J connectivity index is 1.37. The first-order chi connectivity index (χ1) is 13.3. The van der Waals surface area contributed by atoms with Crippen molar-refractivity contribution in [3.63, 3.8) is 0 Å². The lowest BCUT2D eigenvalue weighted by Crippen LogP contribution is -2.38. The molecular formula is C20H27N3O3S2. The molecule has 0 saturated carbocycles. The maximum Gasteiger partial charge on any atom is 0.240 e. The van der Waals surface area contributed by atoms with Crippen molar-refractivity contribution in [1.29, 1.82) is 0 Å². The number of rotatable bonds is 8. The molecule has 3 rings (SSSR count). The van der Waals surface area contributed by atoms with E-state index in [9.17, 15) is 13.2 Å². The molecule has 0 atom stereocenters. The lowest BCUT2D eigenvalue weighted by atomic mass is 10.1. The van der Waals surface area contributed by atoms with Crippen LogP contribution in [0, 0.1) is 13.8 Å². The van der Waals surface area contributed by atoms with Gasteiger partial charge in [-0.2, -0.15) is 0 Å². The van der Waals surface area contributed by atoms with Crippen LogP contribution in [0.25, 0.3) is 0 Å². The molecule has 0 unspecified atom stereocenters. The molecule has 0 radical (unpaired) electrons. The SMILES string of the molecule is Cc1ccc(S(=O)(=O)NCCC(=O)NCCN2CCc3sccc3C2)cc1C. The summed E-state index contributed by atoms with van der Waals surface area (Å²) >= 11 is 1.81. The van der Waals surface area contributed by atoms with Gasteiger partial charge in [-0.25, -0.2) is 13.1 Å².